The molecule has 0 bridgehead atoms. The second-order valence-electron chi connectivity index (χ2n) is 15.0. The fourth-order valence-corrected chi connectivity index (χ4v) is 10.2. The number of hydrogen-bond acceptors (Lipinski definition) is 9. The highest BCUT2D eigenvalue weighted by atomic mass is 32.2. The number of fused-ring (bicyclic) bond motifs is 1. The number of benzene rings is 3. The van der Waals surface area contributed by atoms with Gasteiger partial charge in [-0.3, -0.25) is 0 Å². The van der Waals surface area contributed by atoms with Gasteiger partial charge in [-0.25, -0.2) is 4.98 Å². The molecule has 5 aromatic rings. The molecular weight excluding hydrogens is 681 g/mol. The molecule has 3 aliphatic carbocycles. The van der Waals surface area contributed by atoms with Gasteiger partial charge in [-0.05, 0) is 110 Å². The van der Waals surface area contributed by atoms with Crippen LogP contribution in [0.5, 0.6) is 6.01 Å². The van der Waals surface area contributed by atoms with E-state index in [9.17, 15) is 0 Å². The number of likely N-dealkylation sites (N-methyl/N-ethyl adjacent to an activating group) is 1. The van der Waals surface area contributed by atoms with Crippen molar-refractivity contribution in [2.45, 2.75) is 124 Å². The highest BCUT2D eigenvalue weighted by Gasteiger charge is 2.32. The highest BCUT2D eigenvalue weighted by Crippen LogP contribution is 2.37. The third-order valence-electron chi connectivity index (χ3n) is 11.4. The number of aromatic nitrogens is 4. The summed E-state index contributed by atoms with van der Waals surface area (Å²) in [4.78, 5) is 26.0. The van der Waals surface area contributed by atoms with E-state index in [-0.39, 0.29) is 0 Å². The van der Waals surface area contributed by atoms with Crippen molar-refractivity contribution in [3.63, 3.8) is 0 Å². The van der Waals surface area contributed by atoms with Crippen molar-refractivity contribution < 1.29 is 4.74 Å². The molecule has 0 spiro atoms. The average Bonchev–Trinajstić information content (AvgIpc) is 3.64. The monoisotopic (exact) mass is 732 g/mol. The Labute approximate surface area is 317 Å². The first-order valence-electron chi connectivity index (χ1n) is 19.8. The van der Waals surface area contributed by atoms with Gasteiger partial charge in [-0.15, -0.1) is 11.3 Å². The van der Waals surface area contributed by atoms with Gasteiger partial charge >= 0.3 is 6.01 Å². The van der Waals surface area contributed by atoms with Gasteiger partial charge in [0.25, 0.3) is 0 Å². The Balaban J connectivity index is 0.993. The predicted octanol–water partition coefficient (Wildman–Crippen LogP) is 11.3. The lowest BCUT2D eigenvalue weighted by Gasteiger charge is -2.41. The number of anilines is 2. The van der Waals surface area contributed by atoms with E-state index >= 15 is 0 Å². The van der Waals surface area contributed by atoms with Crippen LogP contribution in [0, 0.1) is 0 Å². The summed E-state index contributed by atoms with van der Waals surface area (Å²) in [7, 11) is 2.11. The maximum Gasteiger partial charge on any atom is 0.322 e. The summed E-state index contributed by atoms with van der Waals surface area (Å²) in [6.07, 6.45) is 19.4. The van der Waals surface area contributed by atoms with Gasteiger partial charge in [0.2, 0.25) is 11.1 Å². The molecule has 9 heteroatoms. The van der Waals surface area contributed by atoms with Crippen molar-refractivity contribution in [1.29, 1.82) is 0 Å². The number of rotatable bonds is 12. The second-order valence-corrected chi connectivity index (χ2v) is 17.1. The molecule has 2 heterocycles. The molecule has 2 aromatic heterocycles. The minimum Gasteiger partial charge on any atom is -0.461 e. The summed E-state index contributed by atoms with van der Waals surface area (Å²) in [5.41, 5.74) is 4.80. The lowest BCUT2D eigenvalue weighted by atomic mass is 9.84. The molecule has 7 nitrogen and oxygen atoms in total. The second kappa shape index (κ2) is 17.0. The van der Waals surface area contributed by atoms with Crippen molar-refractivity contribution in [3.8, 4) is 16.6 Å². The largest absolute Gasteiger partial charge is 0.461 e. The van der Waals surface area contributed by atoms with Gasteiger partial charge < -0.3 is 14.5 Å². The van der Waals surface area contributed by atoms with E-state index in [1.54, 1.807) is 23.1 Å². The number of ether oxygens (including phenoxy) is 1. The number of thiazole rings is 1. The zero-order chi connectivity index (χ0) is 35.1. The molecule has 0 atom stereocenters. The molecule has 3 saturated carbocycles. The van der Waals surface area contributed by atoms with Crippen LogP contribution in [0.15, 0.2) is 82.8 Å². The van der Waals surface area contributed by atoms with E-state index in [0.29, 0.717) is 37.2 Å². The Hall–Kier alpha value is -3.69. The van der Waals surface area contributed by atoms with Crippen LogP contribution in [0.2, 0.25) is 0 Å². The van der Waals surface area contributed by atoms with Crippen molar-refractivity contribution in [1.82, 2.24) is 19.9 Å². The van der Waals surface area contributed by atoms with Gasteiger partial charge in [0.1, 0.15) is 11.6 Å². The van der Waals surface area contributed by atoms with Crippen LogP contribution in [-0.4, -0.2) is 52.2 Å². The van der Waals surface area contributed by atoms with Gasteiger partial charge in [-0.1, -0.05) is 82.1 Å². The summed E-state index contributed by atoms with van der Waals surface area (Å²) in [6.45, 7) is 1.19. The Bertz CT molecular complexity index is 1830. The molecule has 272 valence electrons. The molecule has 8 rings (SSSR count). The molecule has 52 heavy (non-hydrogen) atoms. The summed E-state index contributed by atoms with van der Waals surface area (Å²) >= 11 is 3.37. The van der Waals surface area contributed by atoms with Crippen molar-refractivity contribution in [2.24, 2.45) is 0 Å². The summed E-state index contributed by atoms with van der Waals surface area (Å²) in [5, 5.41) is 1.77. The van der Waals surface area contributed by atoms with E-state index in [1.165, 1.54) is 111 Å². The van der Waals surface area contributed by atoms with Crippen LogP contribution in [0.3, 0.4) is 0 Å². The number of hydrogen-bond donors (Lipinski definition) is 0. The van der Waals surface area contributed by atoms with Gasteiger partial charge in [0.15, 0.2) is 0 Å². The predicted molar refractivity (Wildman–Crippen MR) is 216 cm³/mol. The molecule has 0 amide bonds. The highest BCUT2D eigenvalue weighted by molar-refractivity contribution is 7.99. The molecule has 0 unspecified atom stereocenters. The first kappa shape index (κ1) is 35.3. The Morgan fingerprint density at radius 2 is 1.35 bits per heavy atom. The zero-order valence-electron chi connectivity index (χ0n) is 30.6. The Morgan fingerprint density at radius 1 is 0.692 bits per heavy atom. The fourth-order valence-electron chi connectivity index (χ4n) is 8.50. The van der Waals surface area contributed by atoms with Crippen molar-refractivity contribution >= 4 is 45.0 Å². The number of nitrogens with zero attached hydrogens (tertiary/aromatic N) is 6. The summed E-state index contributed by atoms with van der Waals surface area (Å²) in [5.74, 6) is 1.51. The smallest absolute Gasteiger partial charge is 0.322 e. The number of para-hydroxylation sites is 1. The third kappa shape index (κ3) is 8.57. The molecule has 0 radical (unpaired) electrons. The van der Waals surface area contributed by atoms with Crippen LogP contribution in [0.4, 0.5) is 11.6 Å². The van der Waals surface area contributed by atoms with Crippen LogP contribution >= 0.6 is 23.1 Å². The topological polar surface area (TPSA) is 67.3 Å². The van der Waals surface area contributed by atoms with Gasteiger partial charge in [-0.2, -0.15) is 15.0 Å². The standard InChI is InChI=1S/C43H52N6OS2/c1-48(34-25-21-33(22-26-34)40-44-38-19-11-12-20-39(38)52-40)29-30-50-42-45-41(49(35-15-7-3-8-16-35)36-17-9-4-10-18-36)46-43(47-42)51-37-27-23-32(24-28-37)31-13-5-2-6-14-31/h11-12,19-28,31,35-36H,2-10,13-18,29-30H2,1H3. The van der Waals surface area contributed by atoms with E-state index in [2.05, 4.69) is 83.6 Å². The average molecular weight is 733 g/mol. The maximum atomic E-state index is 6.41. The third-order valence-corrected chi connectivity index (χ3v) is 13.4. The Kier molecular flexibility index (Phi) is 11.5. The molecule has 0 aliphatic heterocycles. The summed E-state index contributed by atoms with van der Waals surface area (Å²) in [6, 6.07) is 27.6. The first-order chi connectivity index (χ1) is 25.7. The Morgan fingerprint density at radius 3 is 2.02 bits per heavy atom. The van der Waals surface area contributed by atoms with Gasteiger partial charge in [0.05, 0.1) is 16.8 Å². The van der Waals surface area contributed by atoms with E-state index in [1.807, 2.05) is 6.07 Å². The molecule has 0 N–H and O–H groups in total. The fraction of sp³-hybridized carbons (Fsp3) is 0.488. The van der Waals surface area contributed by atoms with Crippen LogP contribution in [0.25, 0.3) is 20.8 Å². The lowest BCUT2D eigenvalue weighted by Crippen LogP contribution is -2.46. The lowest BCUT2D eigenvalue weighted by molar-refractivity contribution is 0.291. The minimum absolute atomic E-state index is 0.433. The molecular formula is C43H52N6OS2. The summed E-state index contributed by atoms with van der Waals surface area (Å²) < 4.78 is 7.63. The minimum atomic E-state index is 0.433. The first-order valence-corrected chi connectivity index (χ1v) is 21.4. The quantitative estimate of drug-likeness (QED) is 0.126. The zero-order valence-corrected chi connectivity index (χ0v) is 32.2. The molecule has 3 aliphatic rings. The van der Waals surface area contributed by atoms with E-state index in [0.717, 1.165) is 32.9 Å². The molecule has 3 fully saturated rings. The molecule has 0 saturated heterocycles. The van der Waals surface area contributed by atoms with Crippen molar-refractivity contribution in [3.05, 3.63) is 78.4 Å². The van der Waals surface area contributed by atoms with E-state index in [4.69, 9.17) is 24.7 Å². The van der Waals surface area contributed by atoms with E-state index < -0.39 is 0 Å². The van der Waals surface area contributed by atoms with Crippen LogP contribution in [-0.2, 0) is 0 Å². The van der Waals surface area contributed by atoms with Crippen LogP contribution < -0.4 is 14.5 Å². The van der Waals surface area contributed by atoms with Crippen molar-refractivity contribution in [2.75, 3.05) is 30.0 Å². The normalized spacial score (nSPS) is 17.7. The van der Waals surface area contributed by atoms with Crippen LogP contribution in [0.1, 0.15) is 108 Å². The SMILES string of the molecule is CN(CCOc1nc(Sc2ccc(C3CCCCC3)cc2)nc(N(C2CCCCC2)C2CCCCC2)n1)c1ccc(-c2nc3ccccc3s2)cc1. The molecule has 3 aromatic carbocycles. The van der Waals surface area contributed by atoms with Gasteiger partial charge in [0, 0.05) is 35.3 Å². The maximum absolute atomic E-state index is 6.41.